The van der Waals surface area contributed by atoms with Crippen LogP contribution in [-0.4, -0.2) is 30.1 Å². The smallest absolute Gasteiger partial charge is 0.308 e. The number of thioether (sulfide) groups is 1. The lowest BCUT2D eigenvalue weighted by molar-refractivity contribution is -0.132. The van der Waals surface area contributed by atoms with Gasteiger partial charge in [-0.3, -0.25) is 14.4 Å². The second-order valence-corrected chi connectivity index (χ2v) is 7.35. The van der Waals surface area contributed by atoms with Crippen molar-refractivity contribution in [1.29, 1.82) is 0 Å². The van der Waals surface area contributed by atoms with Crippen LogP contribution < -0.4 is 14.8 Å². The van der Waals surface area contributed by atoms with E-state index in [2.05, 4.69) is 42.2 Å². The highest BCUT2D eigenvalue weighted by atomic mass is 79.9. The van der Waals surface area contributed by atoms with Crippen LogP contribution in [0.4, 0.5) is 0 Å². The monoisotopic (exact) mass is 490 g/mol. The molecule has 0 saturated heterocycles. The van der Waals surface area contributed by atoms with Crippen LogP contribution in [0.25, 0.3) is 6.08 Å². The van der Waals surface area contributed by atoms with E-state index in [0.717, 1.165) is 11.8 Å². The normalized spacial score (nSPS) is 15.2. The van der Waals surface area contributed by atoms with Gasteiger partial charge in [0.15, 0.2) is 16.7 Å². The maximum Gasteiger partial charge on any atom is 0.308 e. The first-order chi connectivity index (χ1) is 11.7. The van der Waals surface area contributed by atoms with Gasteiger partial charge in [0, 0.05) is 18.3 Å². The number of carbonyl (C=O) groups is 3. The SMILES string of the molecule is COc1cc(/C=C2\SC(NC(C)=O)=NC2=O)c(Br)c(Br)c1OC(C)=O. The minimum Gasteiger partial charge on any atom is -0.493 e. The second kappa shape index (κ2) is 8.15. The highest BCUT2D eigenvalue weighted by Crippen LogP contribution is 2.44. The Balaban J connectivity index is 2.41. The van der Waals surface area contributed by atoms with Gasteiger partial charge in [0.1, 0.15) is 0 Å². The number of aliphatic imine (C=N–C) groups is 1. The molecule has 0 fully saturated rings. The fourth-order valence-electron chi connectivity index (χ4n) is 1.85. The van der Waals surface area contributed by atoms with Gasteiger partial charge in [-0.25, -0.2) is 0 Å². The van der Waals surface area contributed by atoms with Crippen molar-refractivity contribution in [1.82, 2.24) is 5.32 Å². The van der Waals surface area contributed by atoms with E-state index in [9.17, 15) is 14.4 Å². The topological polar surface area (TPSA) is 94.1 Å². The van der Waals surface area contributed by atoms with Crippen LogP contribution in [0.5, 0.6) is 11.5 Å². The highest BCUT2D eigenvalue weighted by Gasteiger charge is 2.24. The number of hydrogen-bond acceptors (Lipinski definition) is 6. The Morgan fingerprint density at radius 1 is 1.28 bits per heavy atom. The molecule has 1 aromatic carbocycles. The van der Waals surface area contributed by atoms with Crippen molar-refractivity contribution < 1.29 is 23.9 Å². The Bertz CT molecular complexity index is 836. The number of carbonyl (C=O) groups excluding carboxylic acids is 3. The zero-order valence-electron chi connectivity index (χ0n) is 13.3. The molecule has 1 aliphatic heterocycles. The van der Waals surface area contributed by atoms with Gasteiger partial charge in [0.25, 0.3) is 5.91 Å². The van der Waals surface area contributed by atoms with E-state index in [1.807, 2.05) is 0 Å². The molecule has 132 valence electrons. The van der Waals surface area contributed by atoms with Gasteiger partial charge in [0.2, 0.25) is 5.91 Å². The lowest BCUT2D eigenvalue weighted by Crippen LogP contribution is -2.23. The molecule has 0 bridgehead atoms. The number of halogens is 2. The Morgan fingerprint density at radius 3 is 2.52 bits per heavy atom. The van der Waals surface area contributed by atoms with Crippen molar-refractivity contribution in [2.24, 2.45) is 4.99 Å². The van der Waals surface area contributed by atoms with Gasteiger partial charge in [-0.15, -0.1) is 0 Å². The van der Waals surface area contributed by atoms with E-state index in [-0.39, 0.29) is 16.8 Å². The first-order valence-corrected chi connectivity index (χ1v) is 9.17. The number of nitrogens with zero attached hydrogens (tertiary/aromatic N) is 1. The van der Waals surface area contributed by atoms with Crippen LogP contribution >= 0.6 is 43.6 Å². The molecule has 7 nitrogen and oxygen atoms in total. The summed E-state index contributed by atoms with van der Waals surface area (Å²) < 4.78 is 11.4. The van der Waals surface area contributed by atoms with Crippen LogP contribution in [0, 0.1) is 0 Å². The number of amidine groups is 1. The van der Waals surface area contributed by atoms with Crippen molar-refractivity contribution in [3.05, 3.63) is 25.5 Å². The second-order valence-electron chi connectivity index (χ2n) is 4.73. The quantitative estimate of drug-likeness (QED) is 0.396. The summed E-state index contributed by atoms with van der Waals surface area (Å²) >= 11 is 7.80. The van der Waals surface area contributed by atoms with Gasteiger partial charge in [-0.05, 0) is 61.3 Å². The van der Waals surface area contributed by atoms with Crippen LogP contribution in [-0.2, 0) is 14.4 Å². The number of ether oxygens (including phenoxy) is 2. The van der Waals surface area contributed by atoms with E-state index < -0.39 is 11.9 Å². The molecule has 1 aliphatic rings. The highest BCUT2D eigenvalue weighted by molar-refractivity contribution is 9.13. The third kappa shape index (κ3) is 4.71. The number of rotatable bonds is 3. The van der Waals surface area contributed by atoms with Gasteiger partial charge in [-0.2, -0.15) is 4.99 Å². The van der Waals surface area contributed by atoms with Crippen molar-refractivity contribution in [3.63, 3.8) is 0 Å². The molecule has 0 spiro atoms. The molecule has 1 N–H and O–H groups in total. The van der Waals surface area contributed by atoms with Gasteiger partial charge >= 0.3 is 5.97 Å². The average molecular weight is 492 g/mol. The molecule has 2 amide bonds. The van der Waals surface area contributed by atoms with Gasteiger partial charge < -0.3 is 14.8 Å². The predicted molar refractivity (Wildman–Crippen MR) is 102 cm³/mol. The van der Waals surface area contributed by atoms with Crippen LogP contribution in [0.2, 0.25) is 0 Å². The molecule has 1 aromatic rings. The molecule has 0 atom stereocenters. The molecule has 2 rings (SSSR count). The summed E-state index contributed by atoms with van der Waals surface area (Å²) in [6.45, 7) is 2.62. The Labute approximate surface area is 164 Å². The summed E-state index contributed by atoms with van der Waals surface area (Å²) in [7, 11) is 1.44. The summed E-state index contributed by atoms with van der Waals surface area (Å²) in [4.78, 5) is 38.4. The zero-order chi connectivity index (χ0) is 18.7. The van der Waals surface area contributed by atoms with E-state index in [0.29, 0.717) is 25.2 Å². The van der Waals surface area contributed by atoms with Crippen LogP contribution in [0.3, 0.4) is 0 Å². The third-order valence-electron chi connectivity index (χ3n) is 2.81. The molecular weight excluding hydrogens is 480 g/mol. The summed E-state index contributed by atoms with van der Waals surface area (Å²) in [5, 5.41) is 2.70. The van der Waals surface area contributed by atoms with Crippen LogP contribution in [0.1, 0.15) is 19.4 Å². The lowest BCUT2D eigenvalue weighted by Gasteiger charge is -2.13. The van der Waals surface area contributed by atoms with Crippen molar-refractivity contribution >= 4 is 72.6 Å². The number of esters is 1. The Hall–Kier alpha value is -1.65. The molecule has 0 radical (unpaired) electrons. The molecule has 1 heterocycles. The number of hydrogen-bond donors (Lipinski definition) is 1. The van der Waals surface area contributed by atoms with E-state index in [1.54, 1.807) is 12.1 Å². The number of amides is 2. The van der Waals surface area contributed by atoms with Gasteiger partial charge in [0.05, 0.1) is 16.5 Å². The molecule has 0 unspecified atom stereocenters. The zero-order valence-corrected chi connectivity index (χ0v) is 17.3. The number of benzene rings is 1. The average Bonchev–Trinajstić information content (AvgIpc) is 2.85. The van der Waals surface area contributed by atoms with Gasteiger partial charge in [-0.1, -0.05) is 0 Å². The van der Waals surface area contributed by atoms with Crippen molar-refractivity contribution in [3.8, 4) is 11.5 Å². The fourth-order valence-corrected chi connectivity index (χ4v) is 3.62. The minimum atomic E-state index is -0.494. The van der Waals surface area contributed by atoms with E-state index in [4.69, 9.17) is 9.47 Å². The molecule has 0 aromatic heterocycles. The molecular formula is C15H12Br2N2O5S. The molecule has 10 heteroatoms. The summed E-state index contributed by atoms with van der Waals surface area (Å²) in [6, 6.07) is 1.62. The maximum atomic E-state index is 12.0. The fraction of sp³-hybridized carbons (Fsp3) is 0.200. The van der Waals surface area contributed by atoms with E-state index in [1.165, 1.54) is 21.0 Å². The van der Waals surface area contributed by atoms with E-state index >= 15 is 0 Å². The summed E-state index contributed by atoms with van der Waals surface area (Å²) in [6.07, 6.45) is 1.60. The largest absolute Gasteiger partial charge is 0.493 e. The Kier molecular flexibility index (Phi) is 6.42. The standard InChI is InChI=1S/C15H12Br2N2O5S/c1-6(20)18-15-19-14(22)10(25-15)5-8-4-9(23-3)13(24-7(2)21)12(17)11(8)16/h4-5H,1-3H3,(H,18,19,20,22)/b10-5-. The molecule has 0 aliphatic carbocycles. The molecule has 0 saturated carbocycles. The maximum absolute atomic E-state index is 12.0. The number of nitrogens with one attached hydrogen (secondary N) is 1. The minimum absolute atomic E-state index is 0.224. The number of methoxy groups -OCH3 is 1. The first-order valence-electron chi connectivity index (χ1n) is 6.77. The third-order valence-corrected chi connectivity index (χ3v) is 5.85. The molecule has 25 heavy (non-hydrogen) atoms. The Morgan fingerprint density at radius 2 is 1.96 bits per heavy atom. The summed E-state index contributed by atoms with van der Waals surface area (Å²) in [5.74, 6) is -0.719. The van der Waals surface area contributed by atoms with Crippen LogP contribution in [0.15, 0.2) is 24.9 Å². The predicted octanol–water partition coefficient (Wildman–Crippen LogP) is 3.25. The first kappa shape index (κ1) is 19.7. The van der Waals surface area contributed by atoms with Crippen molar-refractivity contribution in [2.75, 3.05) is 7.11 Å². The van der Waals surface area contributed by atoms with Crippen molar-refractivity contribution in [2.45, 2.75) is 13.8 Å². The summed E-state index contributed by atoms with van der Waals surface area (Å²) in [5.41, 5.74) is 0.606. The lowest BCUT2D eigenvalue weighted by atomic mass is 10.2.